The molecule has 1 N–H and O–H groups in total. The van der Waals surface area contributed by atoms with Gasteiger partial charge in [0.25, 0.3) is 0 Å². The van der Waals surface area contributed by atoms with Crippen LogP contribution in [-0.4, -0.2) is 55.2 Å². The lowest BCUT2D eigenvalue weighted by Crippen LogP contribution is -2.16. The number of rotatable bonds is 8. The van der Waals surface area contributed by atoms with E-state index in [1.54, 1.807) is 25.3 Å². The van der Waals surface area contributed by atoms with Crippen molar-refractivity contribution in [3.8, 4) is 11.5 Å². The van der Waals surface area contributed by atoms with Gasteiger partial charge in [0.1, 0.15) is 13.2 Å². The number of hydrogen-bond acceptors (Lipinski definition) is 9. The summed E-state index contributed by atoms with van der Waals surface area (Å²) >= 11 is 2.79. The molecular formula is C15H17N3O4S2. The van der Waals surface area contributed by atoms with E-state index in [0.717, 1.165) is 9.47 Å². The number of ketones is 1. The lowest BCUT2D eigenvalue weighted by Gasteiger charge is -2.18. The summed E-state index contributed by atoms with van der Waals surface area (Å²) in [7, 11) is 1.65. The Hall–Kier alpha value is -1.84. The van der Waals surface area contributed by atoms with Gasteiger partial charge in [0.15, 0.2) is 21.6 Å². The fourth-order valence-corrected chi connectivity index (χ4v) is 3.70. The van der Waals surface area contributed by atoms with Crippen molar-refractivity contribution in [3.05, 3.63) is 23.8 Å². The minimum atomic E-state index is 0.0149. The summed E-state index contributed by atoms with van der Waals surface area (Å²) in [5, 5.41) is 11.9. The van der Waals surface area contributed by atoms with Crippen LogP contribution in [0.2, 0.25) is 0 Å². The second-order valence-corrected chi connectivity index (χ2v) is 7.06. The van der Waals surface area contributed by atoms with Gasteiger partial charge in [-0.25, -0.2) is 0 Å². The van der Waals surface area contributed by atoms with E-state index >= 15 is 0 Å². The molecule has 9 heteroatoms. The van der Waals surface area contributed by atoms with Gasteiger partial charge in [0.05, 0.1) is 12.4 Å². The molecule has 0 unspecified atom stereocenters. The summed E-state index contributed by atoms with van der Waals surface area (Å²) in [6.07, 6.45) is 0. The van der Waals surface area contributed by atoms with Crippen LogP contribution in [0.5, 0.6) is 11.5 Å². The van der Waals surface area contributed by atoms with Gasteiger partial charge in [-0.2, -0.15) is 0 Å². The largest absolute Gasteiger partial charge is 0.486 e. The highest BCUT2D eigenvalue weighted by Crippen LogP contribution is 2.32. The molecule has 0 fully saturated rings. The molecule has 0 saturated carbocycles. The molecule has 0 aliphatic carbocycles. The molecule has 2 heterocycles. The second kappa shape index (κ2) is 8.32. The van der Waals surface area contributed by atoms with Crippen molar-refractivity contribution < 1.29 is 19.0 Å². The zero-order valence-corrected chi connectivity index (χ0v) is 14.7. The number of carbonyl (C=O) groups is 1. The SMILES string of the molecule is COCCNc1nnc(SCC(=O)c2ccc3c(c2)OCCO3)s1. The lowest BCUT2D eigenvalue weighted by molar-refractivity contribution is 0.102. The fraction of sp³-hybridized carbons (Fsp3) is 0.400. The molecule has 24 heavy (non-hydrogen) atoms. The minimum absolute atomic E-state index is 0.0149. The number of nitrogens with zero attached hydrogens (tertiary/aromatic N) is 2. The number of fused-ring (bicyclic) bond motifs is 1. The van der Waals surface area contributed by atoms with Crippen LogP contribution in [0.3, 0.4) is 0 Å². The lowest BCUT2D eigenvalue weighted by atomic mass is 10.1. The monoisotopic (exact) mass is 367 g/mol. The van der Waals surface area contributed by atoms with E-state index in [0.29, 0.717) is 49.2 Å². The highest BCUT2D eigenvalue weighted by molar-refractivity contribution is 8.01. The van der Waals surface area contributed by atoms with Crippen molar-refractivity contribution in [2.75, 3.05) is 44.5 Å². The number of aromatic nitrogens is 2. The van der Waals surface area contributed by atoms with E-state index < -0.39 is 0 Å². The maximum Gasteiger partial charge on any atom is 0.206 e. The molecule has 7 nitrogen and oxygen atoms in total. The number of nitrogens with one attached hydrogen (secondary N) is 1. The van der Waals surface area contributed by atoms with Gasteiger partial charge >= 0.3 is 0 Å². The van der Waals surface area contributed by atoms with Gasteiger partial charge < -0.3 is 19.5 Å². The molecule has 2 aromatic rings. The van der Waals surface area contributed by atoms with Gasteiger partial charge in [0, 0.05) is 19.2 Å². The Morgan fingerprint density at radius 1 is 1.33 bits per heavy atom. The fourth-order valence-electron chi connectivity index (χ4n) is 2.03. The van der Waals surface area contributed by atoms with Crippen LogP contribution in [0.1, 0.15) is 10.4 Å². The standard InChI is InChI=1S/C15H17N3O4S2/c1-20-5-4-16-14-17-18-15(24-14)23-9-11(19)10-2-3-12-13(8-10)22-7-6-21-12/h2-3,8H,4-7,9H2,1H3,(H,16,17). The van der Waals surface area contributed by atoms with E-state index in [1.165, 1.54) is 23.1 Å². The Balaban J connectivity index is 1.54. The maximum absolute atomic E-state index is 12.3. The molecule has 128 valence electrons. The first kappa shape index (κ1) is 17.0. The van der Waals surface area contributed by atoms with Gasteiger partial charge in [-0.1, -0.05) is 23.1 Å². The molecule has 0 amide bonds. The van der Waals surface area contributed by atoms with E-state index in [-0.39, 0.29) is 5.78 Å². The second-order valence-electron chi connectivity index (χ2n) is 4.86. The topological polar surface area (TPSA) is 82.6 Å². The van der Waals surface area contributed by atoms with Crippen LogP contribution >= 0.6 is 23.1 Å². The first-order valence-electron chi connectivity index (χ1n) is 7.38. The van der Waals surface area contributed by atoms with Crippen molar-refractivity contribution in [3.63, 3.8) is 0 Å². The van der Waals surface area contributed by atoms with Crippen LogP contribution < -0.4 is 14.8 Å². The van der Waals surface area contributed by atoms with Gasteiger partial charge in [-0.05, 0) is 18.2 Å². The Labute approximate surface area is 147 Å². The third kappa shape index (κ3) is 4.37. The van der Waals surface area contributed by atoms with E-state index in [1.807, 2.05) is 0 Å². The first-order chi connectivity index (χ1) is 11.8. The molecule has 0 bridgehead atoms. The van der Waals surface area contributed by atoms with Crippen molar-refractivity contribution in [1.29, 1.82) is 0 Å². The third-order valence-electron chi connectivity index (χ3n) is 3.18. The summed E-state index contributed by atoms with van der Waals surface area (Å²) in [4.78, 5) is 12.3. The van der Waals surface area contributed by atoms with Crippen LogP contribution in [0, 0.1) is 0 Å². The number of ether oxygens (including phenoxy) is 3. The Morgan fingerprint density at radius 3 is 3.00 bits per heavy atom. The normalized spacial score (nSPS) is 12.9. The first-order valence-corrected chi connectivity index (χ1v) is 9.18. The molecule has 0 atom stereocenters. The van der Waals surface area contributed by atoms with Crippen LogP contribution in [0.25, 0.3) is 0 Å². The van der Waals surface area contributed by atoms with Gasteiger partial charge in [-0.3, -0.25) is 4.79 Å². The summed E-state index contributed by atoms with van der Waals surface area (Å²) in [5.41, 5.74) is 0.606. The highest BCUT2D eigenvalue weighted by atomic mass is 32.2. The number of thioether (sulfide) groups is 1. The molecule has 1 aromatic heterocycles. The zero-order chi connectivity index (χ0) is 16.8. The molecule has 1 aliphatic heterocycles. The zero-order valence-electron chi connectivity index (χ0n) is 13.1. The third-order valence-corrected chi connectivity index (χ3v) is 5.19. The molecule has 0 radical (unpaired) electrons. The number of anilines is 1. The molecule has 3 rings (SSSR count). The van der Waals surface area contributed by atoms with Gasteiger partial charge in [-0.15, -0.1) is 10.2 Å². The van der Waals surface area contributed by atoms with Crippen molar-refractivity contribution in [1.82, 2.24) is 10.2 Å². The smallest absolute Gasteiger partial charge is 0.206 e. The van der Waals surface area contributed by atoms with E-state index in [2.05, 4.69) is 15.5 Å². The molecule has 1 aliphatic rings. The number of hydrogen-bond donors (Lipinski definition) is 1. The quantitative estimate of drug-likeness (QED) is 0.432. The Bertz CT molecular complexity index is 708. The maximum atomic E-state index is 12.3. The van der Waals surface area contributed by atoms with Gasteiger partial charge in [0.2, 0.25) is 5.13 Å². The highest BCUT2D eigenvalue weighted by Gasteiger charge is 2.16. The molecule has 1 aromatic carbocycles. The number of methoxy groups -OCH3 is 1. The number of Topliss-reactive ketones (excluding diaryl/α,β-unsaturated/α-hetero) is 1. The Morgan fingerprint density at radius 2 is 2.17 bits per heavy atom. The molecule has 0 saturated heterocycles. The summed E-state index contributed by atoms with van der Waals surface area (Å²) in [6.45, 7) is 2.31. The predicted octanol–water partition coefficient (Wildman–Crippen LogP) is 2.34. The Kier molecular flexibility index (Phi) is 5.89. The van der Waals surface area contributed by atoms with Crippen LogP contribution in [-0.2, 0) is 4.74 Å². The average molecular weight is 367 g/mol. The molecule has 0 spiro atoms. The summed E-state index contributed by atoms with van der Waals surface area (Å²) in [6, 6.07) is 5.26. The van der Waals surface area contributed by atoms with E-state index in [9.17, 15) is 4.79 Å². The number of benzene rings is 1. The van der Waals surface area contributed by atoms with Crippen molar-refractivity contribution in [2.24, 2.45) is 0 Å². The van der Waals surface area contributed by atoms with E-state index in [4.69, 9.17) is 14.2 Å². The minimum Gasteiger partial charge on any atom is -0.486 e. The van der Waals surface area contributed by atoms with Crippen LogP contribution in [0.4, 0.5) is 5.13 Å². The van der Waals surface area contributed by atoms with Crippen molar-refractivity contribution >= 4 is 34.0 Å². The van der Waals surface area contributed by atoms with Crippen molar-refractivity contribution in [2.45, 2.75) is 4.34 Å². The summed E-state index contributed by atoms with van der Waals surface area (Å²) in [5.74, 6) is 1.62. The molecular weight excluding hydrogens is 350 g/mol. The number of carbonyl (C=O) groups excluding carboxylic acids is 1. The average Bonchev–Trinajstić information content (AvgIpc) is 3.07. The summed E-state index contributed by atoms with van der Waals surface area (Å²) < 4.78 is 16.7. The van der Waals surface area contributed by atoms with Crippen LogP contribution in [0.15, 0.2) is 22.5 Å². The predicted molar refractivity (Wildman–Crippen MR) is 92.8 cm³/mol.